The van der Waals surface area contributed by atoms with Gasteiger partial charge in [-0.1, -0.05) is 0 Å². The second-order valence-corrected chi connectivity index (χ2v) is 6.49. The van der Waals surface area contributed by atoms with Crippen molar-refractivity contribution < 1.29 is 8.42 Å². The van der Waals surface area contributed by atoms with Gasteiger partial charge in [-0.3, -0.25) is 0 Å². The molecule has 0 bridgehead atoms. The third kappa shape index (κ3) is 1.55. The number of nitrogens with two attached hydrogens (primary N) is 1. The van der Waals surface area contributed by atoms with E-state index in [4.69, 9.17) is 11.0 Å². The zero-order chi connectivity index (χ0) is 12.0. The summed E-state index contributed by atoms with van der Waals surface area (Å²) in [6.45, 7) is 1.79. The second-order valence-electron chi connectivity index (χ2n) is 4.31. The largest absolute Gasteiger partial charge is 0.383 e. The molecule has 6 nitrogen and oxygen atoms in total. The van der Waals surface area contributed by atoms with Gasteiger partial charge in [0, 0.05) is 0 Å². The molecule has 1 atom stereocenters. The molecule has 7 heteroatoms. The summed E-state index contributed by atoms with van der Waals surface area (Å²) in [5.41, 5.74) is 5.41. The van der Waals surface area contributed by atoms with Crippen molar-refractivity contribution in [3.63, 3.8) is 0 Å². The molecule has 1 saturated heterocycles. The van der Waals surface area contributed by atoms with E-state index in [2.05, 4.69) is 5.10 Å². The topological polar surface area (TPSA) is 102 Å². The highest BCUT2D eigenvalue weighted by atomic mass is 32.2. The van der Waals surface area contributed by atoms with Gasteiger partial charge >= 0.3 is 0 Å². The summed E-state index contributed by atoms with van der Waals surface area (Å²) < 4.78 is 24.4. The Kier molecular flexibility index (Phi) is 2.20. The summed E-state index contributed by atoms with van der Waals surface area (Å²) in [5.74, 6) is 0.406. The van der Waals surface area contributed by atoms with Crippen LogP contribution < -0.4 is 5.73 Å². The van der Waals surface area contributed by atoms with Crippen LogP contribution in [0, 0.1) is 11.3 Å². The average Bonchev–Trinajstić information content (AvgIpc) is 2.68. The van der Waals surface area contributed by atoms with Gasteiger partial charge in [-0.15, -0.1) is 0 Å². The lowest BCUT2D eigenvalue weighted by molar-refractivity contribution is 0.334. The van der Waals surface area contributed by atoms with E-state index in [1.54, 1.807) is 6.92 Å². The Morgan fingerprint density at radius 3 is 2.81 bits per heavy atom. The van der Waals surface area contributed by atoms with E-state index in [1.807, 2.05) is 6.07 Å². The molecule has 2 N–H and O–H groups in total. The number of hydrogen-bond donors (Lipinski definition) is 1. The first kappa shape index (κ1) is 11.0. The molecule has 0 saturated carbocycles. The summed E-state index contributed by atoms with van der Waals surface area (Å²) in [4.78, 5) is 0. The summed E-state index contributed by atoms with van der Waals surface area (Å²) in [6.07, 6.45) is 1.84. The lowest BCUT2D eigenvalue weighted by atomic mass is 10.0. The Morgan fingerprint density at radius 1 is 1.69 bits per heavy atom. The van der Waals surface area contributed by atoms with E-state index in [-0.39, 0.29) is 22.9 Å². The molecule has 0 amide bonds. The van der Waals surface area contributed by atoms with Gasteiger partial charge in [0.1, 0.15) is 17.5 Å². The Hall–Kier alpha value is -1.55. The standard InChI is InChI=1S/C9H12N4O2S/c1-9(2-3-16(14,15)6-9)13-8(11)7(4-10)5-12-13/h5H,2-3,6,11H2,1H3. The van der Waals surface area contributed by atoms with Gasteiger partial charge in [0.15, 0.2) is 9.84 Å². The summed E-state index contributed by atoms with van der Waals surface area (Å²) in [7, 11) is -3.02. The van der Waals surface area contributed by atoms with Crippen LogP contribution in [0.4, 0.5) is 5.82 Å². The maximum absolute atomic E-state index is 11.5. The third-order valence-electron chi connectivity index (χ3n) is 2.92. The Morgan fingerprint density at radius 2 is 2.38 bits per heavy atom. The van der Waals surface area contributed by atoms with Gasteiger partial charge in [0.05, 0.1) is 23.2 Å². The van der Waals surface area contributed by atoms with Crippen LogP contribution in [0.15, 0.2) is 6.20 Å². The molecule has 2 heterocycles. The van der Waals surface area contributed by atoms with Crippen LogP contribution in [0.5, 0.6) is 0 Å². The average molecular weight is 240 g/mol. The van der Waals surface area contributed by atoms with Crippen molar-refractivity contribution in [1.29, 1.82) is 5.26 Å². The number of nitrogens with zero attached hydrogens (tertiary/aromatic N) is 3. The Labute approximate surface area is 93.6 Å². The molecule has 1 aromatic rings. The van der Waals surface area contributed by atoms with Crippen molar-refractivity contribution in [3.05, 3.63) is 11.8 Å². The Balaban J connectivity index is 2.46. The van der Waals surface area contributed by atoms with Crippen LogP contribution >= 0.6 is 0 Å². The van der Waals surface area contributed by atoms with Crippen LogP contribution in [0.1, 0.15) is 18.9 Å². The second kappa shape index (κ2) is 3.22. The highest BCUT2D eigenvalue weighted by molar-refractivity contribution is 7.91. The maximum Gasteiger partial charge on any atom is 0.152 e. The van der Waals surface area contributed by atoms with Crippen LogP contribution in [0.25, 0.3) is 0 Å². The van der Waals surface area contributed by atoms with E-state index in [1.165, 1.54) is 10.9 Å². The predicted octanol–water partition coefficient (Wildman–Crippen LogP) is -0.129. The quantitative estimate of drug-likeness (QED) is 0.736. The van der Waals surface area contributed by atoms with Crippen molar-refractivity contribution in [2.45, 2.75) is 18.9 Å². The molecule has 0 aromatic carbocycles. The molecule has 16 heavy (non-hydrogen) atoms. The number of hydrogen-bond acceptors (Lipinski definition) is 5. The molecule has 0 aliphatic carbocycles. The summed E-state index contributed by atoms with van der Waals surface area (Å²) >= 11 is 0. The minimum absolute atomic E-state index is 0.0246. The minimum Gasteiger partial charge on any atom is -0.383 e. The number of rotatable bonds is 1. The summed E-state index contributed by atoms with van der Waals surface area (Å²) in [5, 5.41) is 12.8. The third-order valence-corrected chi connectivity index (χ3v) is 4.81. The molecular formula is C9H12N4O2S. The number of aromatic nitrogens is 2. The number of anilines is 1. The monoisotopic (exact) mass is 240 g/mol. The molecule has 1 aliphatic rings. The smallest absolute Gasteiger partial charge is 0.152 e. The van der Waals surface area contributed by atoms with E-state index < -0.39 is 15.4 Å². The lowest BCUT2D eigenvalue weighted by Gasteiger charge is -2.23. The van der Waals surface area contributed by atoms with E-state index in [0.717, 1.165) is 0 Å². The number of nitriles is 1. The maximum atomic E-state index is 11.5. The highest BCUT2D eigenvalue weighted by Gasteiger charge is 2.41. The van der Waals surface area contributed by atoms with E-state index in [9.17, 15) is 8.42 Å². The van der Waals surface area contributed by atoms with Gasteiger partial charge in [-0.05, 0) is 13.3 Å². The first-order valence-electron chi connectivity index (χ1n) is 4.82. The first-order valence-corrected chi connectivity index (χ1v) is 6.65. The zero-order valence-electron chi connectivity index (χ0n) is 8.84. The molecule has 1 aliphatic heterocycles. The fraction of sp³-hybridized carbons (Fsp3) is 0.556. The summed E-state index contributed by atoms with van der Waals surface area (Å²) in [6, 6.07) is 1.92. The van der Waals surface area contributed by atoms with Crippen molar-refractivity contribution in [3.8, 4) is 6.07 Å². The van der Waals surface area contributed by atoms with Crippen molar-refractivity contribution in [1.82, 2.24) is 9.78 Å². The van der Waals surface area contributed by atoms with Crippen LogP contribution in [0.2, 0.25) is 0 Å². The van der Waals surface area contributed by atoms with Crippen LogP contribution in [0.3, 0.4) is 0 Å². The van der Waals surface area contributed by atoms with Crippen molar-refractivity contribution in [2.24, 2.45) is 0 Å². The molecule has 0 radical (unpaired) electrons. The molecule has 1 unspecified atom stereocenters. The van der Waals surface area contributed by atoms with Gasteiger partial charge in [-0.2, -0.15) is 10.4 Å². The molecule has 1 aromatic heterocycles. The van der Waals surface area contributed by atoms with Gasteiger partial charge in [-0.25, -0.2) is 13.1 Å². The van der Waals surface area contributed by atoms with Crippen LogP contribution in [-0.2, 0) is 15.4 Å². The highest BCUT2D eigenvalue weighted by Crippen LogP contribution is 2.32. The molecule has 2 rings (SSSR count). The van der Waals surface area contributed by atoms with Gasteiger partial charge < -0.3 is 5.73 Å². The molecule has 0 spiro atoms. The van der Waals surface area contributed by atoms with Crippen molar-refractivity contribution >= 4 is 15.7 Å². The predicted molar refractivity (Wildman–Crippen MR) is 58.3 cm³/mol. The van der Waals surface area contributed by atoms with Crippen LogP contribution in [-0.4, -0.2) is 29.7 Å². The van der Waals surface area contributed by atoms with E-state index in [0.29, 0.717) is 6.42 Å². The number of nitrogen functional groups attached to an aromatic ring is 1. The van der Waals surface area contributed by atoms with Gasteiger partial charge in [0.2, 0.25) is 0 Å². The van der Waals surface area contributed by atoms with Gasteiger partial charge in [0.25, 0.3) is 0 Å². The van der Waals surface area contributed by atoms with E-state index >= 15 is 0 Å². The fourth-order valence-electron chi connectivity index (χ4n) is 2.03. The fourth-order valence-corrected chi connectivity index (χ4v) is 4.14. The van der Waals surface area contributed by atoms with Crippen molar-refractivity contribution in [2.75, 3.05) is 17.2 Å². The molecular weight excluding hydrogens is 228 g/mol. The SMILES string of the molecule is CC1(n2ncc(C#N)c2N)CCS(=O)(=O)C1. The first-order chi connectivity index (χ1) is 7.38. The lowest BCUT2D eigenvalue weighted by Crippen LogP contribution is -2.33. The molecule has 86 valence electrons. The normalized spacial score (nSPS) is 27.8. The Bertz CT molecular complexity index is 569. The molecule has 1 fully saturated rings. The minimum atomic E-state index is -3.02. The number of sulfone groups is 1. The zero-order valence-corrected chi connectivity index (χ0v) is 9.66.